The summed E-state index contributed by atoms with van der Waals surface area (Å²) in [5.41, 5.74) is 0.200. The van der Waals surface area contributed by atoms with Gasteiger partial charge in [-0.3, -0.25) is 19.8 Å². The average Bonchev–Trinajstić information content (AvgIpc) is 2.50. The minimum atomic E-state index is -0.615. The predicted octanol–water partition coefficient (Wildman–Crippen LogP) is 2.56. The molecule has 25 heavy (non-hydrogen) atoms. The van der Waals surface area contributed by atoms with Crippen LogP contribution in [0.2, 0.25) is 0 Å². The Morgan fingerprint density at radius 1 is 1.28 bits per heavy atom. The van der Waals surface area contributed by atoms with Crippen molar-refractivity contribution in [1.82, 2.24) is 9.80 Å². The number of nitrogens with zero attached hydrogens (tertiary/aromatic N) is 3. The third-order valence-corrected chi connectivity index (χ3v) is 3.90. The number of hydrogen-bond donors (Lipinski definition) is 0. The zero-order valence-corrected chi connectivity index (χ0v) is 14.9. The summed E-state index contributed by atoms with van der Waals surface area (Å²) in [5, 5.41) is 10.7. The van der Waals surface area contributed by atoms with Crippen LogP contribution in [0.1, 0.15) is 33.3 Å². The number of rotatable bonds is 3. The van der Waals surface area contributed by atoms with Crippen molar-refractivity contribution in [3.8, 4) is 0 Å². The standard InChI is InChI=1S/C17H23N3O5/c1-12-15(21)18(9-10-19(12)16(22)25-17(2,3)4)11-13-5-7-14(8-6-13)20(23)24/h5-8,12H,9-11H2,1-4H3. The van der Waals surface area contributed by atoms with E-state index >= 15 is 0 Å². The number of piperazine rings is 1. The third-order valence-electron chi connectivity index (χ3n) is 3.90. The second-order valence-electron chi connectivity index (χ2n) is 7.03. The van der Waals surface area contributed by atoms with Crippen LogP contribution >= 0.6 is 0 Å². The summed E-state index contributed by atoms with van der Waals surface area (Å²) >= 11 is 0. The molecular weight excluding hydrogens is 326 g/mol. The van der Waals surface area contributed by atoms with Gasteiger partial charge in [-0.25, -0.2) is 4.79 Å². The zero-order chi connectivity index (χ0) is 18.8. The van der Waals surface area contributed by atoms with Gasteiger partial charge in [0.05, 0.1) is 4.92 Å². The minimum absolute atomic E-state index is 0.0122. The van der Waals surface area contributed by atoms with Crippen molar-refractivity contribution >= 4 is 17.7 Å². The lowest BCUT2D eigenvalue weighted by atomic mass is 10.1. The summed E-state index contributed by atoms with van der Waals surface area (Å²) in [6.45, 7) is 8.14. The molecule has 1 saturated heterocycles. The topological polar surface area (TPSA) is 93.0 Å². The van der Waals surface area contributed by atoms with Crippen LogP contribution in [0.25, 0.3) is 0 Å². The van der Waals surface area contributed by atoms with Crippen LogP contribution < -0.4 is 0 Å². The Labute approximate surface area is 146 Å². The van der Waals surface area contributed by atoms with Gasteiger partial charge in [0.2, 0.25) is 5.91 Å². The van der Waals surface area contributed by atoms with Gasteiger partial charge < -0.3 is 9.64 Å². The molecule has 0 bridgehead atoms. The van der Waals surface area contributed by atoms with Crippen LogP contribution in [-0.2, 0) is 16.1 Å². The fourth-order valence-electron chi connectivity index (χ4n) is 2.60. The first kappa shape index (κ1) is 18.7. The second-order valence-corrected chi connectivity index (χ2v) is 7.03. The van der Waals surface area contributed by atoms with Crippen LogP contribution in [0.15, 0.2) is 24.3 Å². The lowest BCUT2D eigenvalue weighted by molar-refractivity contribution is -0.384. The molecule has 1 atom stereocenters. The number of carbonyl (C=O) groups is 2. The first-order valence-corrected chi connectivity index (χ1v) is 8.10. The Hall–Kier alpha value is -2.64. The lowest BCUT2D eigenvalue weighted by Crippen LogP contribution is -2.57. The van der Waals surface area contributed by atoms with E-state index in [0.29, 0.717) is 19.6 Å². The molecular formula is C17H23N3O5. The van der Waals surface area contributed by atoms with Gasteiger partial charge in [0.15, 0.2) is 0 Å². The first-order chi connectivity index (χ1) is 11.6. The number of non-ortho nitro benzene ring substituents is 1. The lowest BCUT2D eigenvalue weighted by Gasteiger charge is -2.39. The van der Waals surface area contributed by atoms with Gasteiger partial charge in [0, 0.05) is 31.8 Å². The van der Waals surface area contributed by atoms with E-state index in [1.807, 2.05) is 0 Å². The molecule has 0 radical (unpaired) electrons. The van der Waals surface area contributed by atoms with Crippen molar-refractivity contribution in [2.45, 2.75) is 45.9 Å². The summed E-state index contributed by atoms with van der Waals surface area (Å²) in [4.78, 5) is 38.1. The highest BCUT2D eigenvalue weighted by atomic mass is 16.6. The molecule has 0 spiro atoms. The Balaban J connectivity index is 2.01. The number of amides is 2. The molecule has 2 amide bonds. The van der Waals surface area contributed by atoms with Crippen molar-refractivity contribution in [3.05, 3.63) is 39.9 Å². The molecule has 1 fully saturated rings. The molecule has 0 aromatic heterocycles. The molecule has 1 aliphatic rings. The van der Waals surface area contributed by atoms with Gasteiger partial charge in [0.25, 0.3) is 5.69 Å². The van der Waals surface area contributed by atoms with E-state index in [1.165, 1.54) is 17.0 Å². The molecule has 1 aromatic carbocycles. The SMILES string of the molecule is CC1C(=O)N(Cc2ccc([N+](=O)[O-])cc2)CCN1C(=O)OC(C)(C)C. The fourth-order valence-corrected chi connectivity index (χ4v) is 2.60. The quantitative estimate of drug-likeness (QED) is 0.617. The zero-order valence-electron chi connectivity index (χ0n) is 14.9. The Morgan fingerprint density at radius 2 is 1.88 bits per heavy atom. The van der Waals surface area contributed by atoms with Gasteiger partial charge in [-0.2, -0.15) is 0 Å². The summed E-state index contributed by atoms with van der Waals surface area (Å²) in [6.07, 6.45) is -0.497. The number of benzene rings is 1. The van der Waals surface area contributed by atoms with E-state index in [-0.39, 0.29) is 11.6 Å². The first-order valence-electron chi connectivity index (χ1n) is 8.10. The maximum atomic E-state index is 12.6. The number of carbonyl (C=O) groups excluding carboxylic acids is 2. The van der Waals surface area contributed by atoms with Crippen LogP contribution in [0.3, 0.4) is 0 Å². The maximum absolute atomic E-state index is 12.6. The molecule has 8 heteroatoms. The average molecular weight is 349 g/mol. The normalized spacial score (nSPS) is 18.2. The van der Waals surface area contributed by atoms with Crippen molar-refractivity contribution in [1.29, 1.82) is 0 Å². The van der Waals surface area contributed by atoms with Gasteiger partial charge in [-0.15, -0.1) is 0 Å². The van der Waals surface area contributed by atoms with Crippen molar-refractivity contribution in [3.63, 3.8) is 0 Å². The number of nitro groups is 1. The fraction of sp³-hybridized carbons (Fsp3) is 0.529. The predicted molar refractivity (Wildman–Crippen MR) is 90.9 cm³/mol. The van der Waals surface area contributed by atoms with Crippen LogP contribution in [-0.4, -0.2) is 51.5 Å². The summed E-state index contributed by atoms with van der Waals surface area (Å²) in [7, 11) is 0. The van der Waals surface area contributed by atoms with E-state index in [0.717, 1.165) is 5.56 Å². The number of nitro benzene ring substituents is 1. The highest BCUT2D eigenvalue weighted by Gasteiger charge is 2.36. The van der Waals surface area contributed by atoms with E-state index in [1.54, 1.807) is 44.7 Å². The van der Waals surface area contributed by atoms with Crippen molar-refractivity contribution in [2.75, 3.05) is 13.1 Å². The summed E-state index contributed by atoms with van der Waals surface area (Å²) < 4.78 is 5.34. The minimum Gasteiger partial charge on any atom is -0.444 e. The molecule has 1 heterocycles. The Bertz CT molecular complexity index is 666. The van der Waals surface area contributed by atoms with Gasteiger partial charge in [-0.1, -0.05) is 12.1 Å². The Morgan fingerprint density at radius 3 is 2.40 bits per heavy atom. The third kappa shape index (κ3) is 4.68. The monoisotopic (exact) mass is 349 g/mol. The molecule has 1 aromatic rings. The highest BCUT2D eigenvalue weighted by molar-refractivity contribution is 5.86. The molecule has 2 rings (SSSR count). The van der Waals surface area contributed by atoms with E-state index in [4.69, 9.17) is 4.74 Å². The Kier molecular flexibility index (Phi) is 5.30. The van der Waals surface area contributed by atoms with Crippen LogP contribution in [0, 0.1) is 10.1 Å². The van der Waals surface area contributed by atoms with Crippen LogP contribution in [0.4, 0.5) is 10.5 Å². The number of ether oxygens (including phenoxy) is 1. The highest BCUT2D eigenvalue weighted by Crippen LogP contribution is 2.19. The smallest absolute Gasteiger partial charge is 0.411 e. The van der Waals surface area contributed by atoms with E-state index in [9.17, 15) is 19.7 Å². The molecule has 1 aliphatic heterocycles. The molecule has 136 valence electrons. The van der Waals surface area contributed by atoms with Gasteiger partial charge in [0.1, 0.15) is 11.6 Å². The summed E-state index contributed by atoms with van der Waals surface area (Å²) in [5.74, 6) is -0.171. The molecule has 0 saturated carbocycles. The second kappa shape index (κ2) is 7.08. The van der Waals surface area contributed by atoms with Gasteiger partial charge in [-0.05, 0) is 33.3 Å². The molecule has 0 aliphatic carbocycles. The molecule has 0 N–H and O–H groups in total. The maximum Gasteiger partial charge on any atom is 0.411 e. The van der Waals surface area contributed by atoms with Crippen molar-refractivity contribution in [2.24, 2.45) is 0 Å². The largest absolute Gasteiger partial charge is 0.444 e. The molecule has 8 nitrogen and oxygen atoms in total. The van der Waals surface area contributed by atoms with E-state index < -0.39 is 22.7 Å². The van der Waals surface area contributed by atoms with Crippen LogP contribution in [0.5, 0.6) is 0 Å². The number of hydrogen-bond acceptors (Lipinski definition) is 5. The summed E-state index contributed by atoms with van der Waals surface area (Å²) in [6, 6.07) is 5.49. The van der Waals surface area contributed by atoms with Crippen molar-refractivity contribution < 1.29 is 19.2 Å². The van der Waals surface area contributed by atoms with Gasteiger partial charge >= 0.3 is 6.09 Å². The van der Waals surface area contributed by atoms with E-state index in [2.05, 4.69) is 0 Å². The molecule has 1 unspecified atom stereocenters.